The first-order valence-electron chi connectivity index (χ1n) is 6.40. The third kappa shape index (κ3) is 5.27. The molecule has 0 atom stereocenters. The number of thiocarbonyl (C=S) groups is 1. The van der Waals surface area contributed by atoms with E-state index in [2.05, 4.69) is 32.1 Å². The van der Waals surface area contributed by atoms with E-state index in [1.165, 1.54) is 7.11 Å². The van der Waals surface area contributed by atoms with Gasteiger partial charge in [-0.25, -0.2) is 0 Å². The number of carbonyl (C=O) groups excluding carboxylic acids is 2. The van der Waals surface area contributed by atoms with Gasteiger partial charge < -0.3 is 10.1 Å². The molecule has 0 aliphatic carbocycles. The molecule has 3 N–H and O–H groups in total. The molecular weight excluding hydrogens is 370 g/mol. The van der Waals surface area contributed by atoms with Crippen LogP contribution >= 0.6 is 28.1 Å². The Morgan fingerprint density at radius 1 is 1.23 bits per heavy atom. The van der Waals surface area contributed by atoms with Crippen LogP contribution in [-0.4, -0.2) is 24.0 Å². The summed E-state index contributed by atoms with van der Waals surface area (Å²) in [6.45, 7) is 5.29. The maximum absolute atomic E-state index is 12.0. The van der Waals surface area contributed by atoms with E-state index in [0.29, 0.717) is 15.8 Å². The van der Waals surface area contributed by atoms with Crippen LogP contribution in [0.5, 0.6) is 5.75 Å². The molecule has 0 saturated carbocycles. The number of halogens is 1. The van der Waals surface area contributed by atoms with Crippen molar-refractivity contribution in [1.29, 1.82) is 0 Å². The Morgan fingerprint density at radius 3 is 2.36 bits per heavy atom. The fourth-order valence-corrected chi connectivity index (χ4v) is 2.00. The van der Waals surface area contributed by atoms with E-state index in [9.17, 15) is 9.59 Å². The molecule has 1 aromatic rings. The molecular formula is C14H18BrN3O3S. The minimum absolute atomic E-state index is 0.0286. The summed E-state index contributed by atoms with van der Waals surface area (Å²) in [6, 6.07) is 4.89. The van der Waals surface area contributed by atoms with E-state index in [1.807, 2.05) is 0 Å². The summed E-state index contributed by atoms with van der Waals surface area (Å²) in [5.41, 5.74) is 4.73. The Balaban J connectivity index is 2.58. The predicted molar refractivity (Wildman–Crippen MR) is 91.5 cm³/mol. The van der Waals surface area contributed by atoms with E-state index < -0.39 is 11.3 Å². The molecule has 0 radical (unpaired) electrons. The Morgan fingerprint density at radius 2 is 1.86 bits per heavy atom. The first-order chi connectivity index (χ1) is 10.1. The summed E-state index contributed by atoms with van der Waals surface area (Å²) >= 11 is 8.25. The molecule has 0 aliphatic heterocycles. The number of benzene rings is 1. The van der Waals surface area contributed by atoms with E-state index in [-0.39, 0.29) is 11.0 Å². The monoisotopic (exact) mass is 387 g/mol. The average molecular weight is 388 g/mol. The minimum atomic E-state index is -0.573. The van der Waals surface area contributed by atoms with Crippen LogP contribution in [0.3, 0.4) is 0 Å². The number of hydrogen-bond acceptors (Lipinski definition) is 4. The van der Waals surface area contributed by atoms with Crippen molar-refractivity contribution in [2.45, 2.75) is 20.8 Å². The SMILES string of the molecule is COc1ccc(C(=O)NNC(=S)NC(=O)C(C)(C)C)cc1Br. The molecule has 0 bridgehead atoms. The van der Waals surface area contributed by atoms with Crippen molar-refractivity contribution in [3.63, 3.8) is 0 Å². The highest BCUT2D eigenvalue weighted by molar-refractivity contribution is 9.10. The van der Waals surface area contributed by atoms with E-state index in [1.54, 1.807) is 39.0 Å². The quantitative estimate of drug-likeness (QED) is 0.535. The first kappa shape index (κ1) is 18.4. The van der Waals surface area contributed by atoms with Gasteiger partial charge in [-0.1, -0.05) is 20.8 Å². The van der Waals surface area contributed by atoms with Gasteiger partial charge in [0.25, 0.3) is 5.91 Å². The van der Waals surface area contributed by atoms with E-state index >= 15 is 0 Å². The number of methoxy groups -OCH3 is 1. The second kappa shape index (κ2) is 7.55. The highest BCUT2D eigenvalue weighted by Crippen LogP contribution is 2.25. The molecule has 1 aromatic carbocycles. The Kier molecular flexibility index (Phi) is 6.31. The molecule has 2 amide bonds. The van der Waals surface area contributed by atoms with Gasteiger partial charge in [0.15, 0.2) is 5.11 Å². The van der Waals surface area contributed by atoms with Crippen LogP contribution in [0.1, 0.15) is 31.1 Å². The number of ether oxygens (including phenoxy) is 1. The smallest absolute Gasteiger partial charge is 0.269 e. The lowest BCUT2D eigenvalue weighted by atomic mass is 9.96. The summed E-state index contributed by atoms with van der Waals surface area (Å²) in [6.07, 6.45) is 0. The molecule has 0 aromatic heterocycles. The maximum atomic E-state index is 12.0. The van der Waals surface area contributed by atoms with Crippen LogP contribution in [0.2, 0.25) is 0 Å². The minimum Gasteiger partial charge on any atom is -0.496 e. The van der Waals surface area contributed by atoms with Crippen LogP contribution in [-0.2, 0) is 4.79 Å². The molecule has 8 heteroatoms. The molecule has 0 heterocycles. The second-order valence-electron chi connectivity index (χ2n) is 5.46. The molecule has 0 spiro atoms. The van der Waals surface area contributed by atoms with E-state index in [4.69, 9.17) is 17.0 Å². The van der Waals surface area contributed by atoms with Gasteiger partial charge in [0.1, 0.15) is 5.75 Å². The number of rotatable bonds is 2. The largest absolute Gasteiger partial charge is 0.496 e. The van der Waals surface area contributed by atoms with Gasteiger partial charge >= 0.3 is 0 Å². The van der Waals surface area contributed by atoms with Crippen molar-refractivity contribution in [1.82, 2.24) is 16.2 Å². The highest BCUT2D eigenvalue weighted by atomic mass is 79.9. The van der Waals surface area contributed by atoms with Crippen molar-refractivity contribution in [2.24, 2.45) is 5.41 Å². The Hall–Kier alpha value is -1.67. The molecule has 0 aliphatic rings. The summed E-state index contributed by atoms with van der Waals surface area (Å²) in [4.78, 5) is 23.7. The lowest BCUT2D eigenvalue weighted by Gasteiger charge is -2.18. The van der Waals surface area contributed by atoms with Crippen LogP contribution in [0.15, 0.2) is 22.7 Å². The van der Waals surface area contributed by atoms with Crippen molar-refractivity contribution in [2.75, 3.05) is 7.11 Å². The number of amides is 2. The van der Waals surface area contributed by atoms with Crippen molar-refractivity contribution < 1.29 is 14.3 Å². The van der Waals surface area contributed by atoms with Gasteiger partial charge in [-0.2, -0.15) is 0 Å². The van der Waals surface area contributed by atoms with Gasteiger partial charge in [0.05, 0.1) is 11.6 Å². The summed E-state index contributed by atoms with van der Waals surface area (Å²) in [5.74, 6) is -0.0142. The predicted octanol–water partition coefficient (Wildman–Crippen LogP) is 2.14. The fourth-order valence-electron chi connectivity index (χ4n) is 1.32. The van der Waals surface area contributed by atoms with Crippen LogP contribution in [0, 0.1) is 5.41 Å². The fraction of sp³-hybridized carbons (Fsp3) is 0.357. The third-order valence-corrected chi connectivity index (χ3v) is 3.44. The van der Waals surface area contributed by atoms with Gasteiger partial charge in [0, 0.05) is 11.0 Å². The zero-order valence-corrected chi connectivity index (χ0v) is 15.1. The Bertz CT molecular complexity index is 599. The molecule has 22 heavy (non-hydrogen) atoms. The molecule has 0 fully saturated rings. The zero-order valence-electron chi connectivity index (χ0n) is 12.7. The number of hydrogen-bond donors (Lipinski definition) is 3. The van der Waals surface area contributed by atoms with Gasteiger partial charge in [-0.3, -0.25) is 20.4 Å². The van der Waals surface area contributed by atoms with Crippen LogP contribution < -0.4 is 20.9 Å². The highest BCUT2D eigenvalue weighted by Gasteiger charge is 2.22. The van der Waals surface area contributed by atoms with Crippen molar-refractivity contribution in [3.8, 4) is 5.75 Å². The summed E-state index contributed by atoms with van der Waals surface area (Å²) in [7, 11) is 1.54. The van der Waals surface area contributed by atoms with Gasteiger partial charge in [-0.15, -0.1) is 0 Å². The first-order valence-corrected chi connectivity index (χ1v) is 7.60. The summed E-state index contributed by atoms with van der Waals surface area (Å²) in [5, 5.41) is 2.52. The number of hydrazine groups is 1. The Labute approximate surface area is 143 Å². The average Bonchev–Trinajstić information content (AvgIpc) is 2.43. The summed E-state index contributed by atoms with van der Waals surface area (Å²) < 4.78 is 5.75. The van der Waals surface area contributed by atoms with Crippen LogP contribution in [0.25, 0.3) is 0 Å². The van der Waals surface area contributed by atoms with Crippen molar-refractivity contribution >= 4 is 45.1 Å². The number of nitrogens with one attached hydrogen (secondary N) is 3. The molecule has 6 nitrogen and oxygen atoms in total. The standard InChI is InChI=1S/C14H18BrN3O3S/c1-14(2,3)12(20)16-13(22)18-17-11(19)8-5-6-10(21-4)9(15)7-8/h5-7H,1-4H3,(H,17,19)(H2,16,18,20,22). The topological polar surface area (TPSA) is 79.5 Å². The third-order valence-electron chi connectivity index (χ3n) is 2.61. The number of carbonyl (C=O) groups is 2. The lowest BCUT2D eigenvalue weighted by Crippen LogP contribution is -2.50. The maximum Gasteiger partial charge on any atom is 0.269 e. The van der Waals surface area contributed by atoms with E-state index in [0.717, 1.165) is 0 Å². The molecule has 0 unspecified atom stereocenters. The molecule has 0 saturated heterocycles. The van der Waals surface area contributed by atoms with Gasteiger partial charge in [0.2, 0.25) is 5.91 Å². The molecule has 1 rings (SSSR count). The van der Waals surface area contributed by atoms with Crippen LogP contribution in [0.4, 0.5) is 0 Å². The molecule has 120 valence electrons. The lowest BCUT2D eigenvalue weighted by molar-refractivity contribution is -0.126. The normalized spacial score (nSPS) is 10.6. The second-order valence-corrected chi connectivity index (χ2v) is 6.72. The zero-order chi connectivity index (χ0) is 16.9. The van der Waals surface area contributed by atoms with Crippen molar-refractivity contribution in [3.05, 3.63) is 28.2 Å². The van der Waals surface area contributed by atoms with Gasteiger partial charge in [-0.05, 0) is 46.3 Å².